The van der Waals surface area contributed by atoms with Crippen LogP contribution in [0.2, 0.25) is 10.0 Å². The quantitative estimate of drug-likeness (QED) is 0.897. The number of hydrogen-bond acceptors (Lipinski definition) is 3. The summed E-state index contributed by atoms with van der Waals surface area (Å²) in [4.78, 5) is 7.74. The van der Waals surface area contributed by atoms with Gasteiger partial charge in [-0.2, -0.15) is 0 Å². The van der Waals surface area contributed by atoms with Crippen LogP contribution >= 0.6 is 23.2 Å². The van der Waals surface area contributed by atoms with E-state index in [9.17, 15) is 5.11 Å². The van der Waals surface area contributed by atoms with E-state index < -0.39 is 6.10 Å². The Morgan fingerprint density at radius 3 is 2.69 bits per heavy atom. The Morgan fingerprint density at radius 1 is 1.19 bits per heavy atom. The van der Waals surface area contributed by atoms with Gasteiger partial charge in [-0.3, -0.25) is 0 Å². The molecule has 0 saturated heterocycles. The van der Waals surface area contributed by atoms with Gasteiger partial charge in [-0.15, -0.1) is 0 Å². The van der Waals surface area contributed by atoms with Gasteiger partial charge in [0.25, 0.3) is 0 Å². The molecule has 0 fully saturated rings. The van der Waals surface area contributed by atoms with Gasteiger partial charge in [0.1, 0.15) is 12.4 Å². The predicted molar refractivity (Wildman–Crippen MR) is 62.6 cm³/mol. The van der Waals surface area contributed by atoms with Crippen molar-refractivity contribution in [2.24, 2.45) is 0 Å². The summed E-state index contributed by atoms with van der Waals surface area (Å²) >= 11 is 11.9. The van der Waals surface area contributed by atoms with Gasteiger partial charge in [-0.1, -0.05) is 35.3 Å². The zero-order valence-electron chi connectivity index (χ0n) is 8.14. The fourth-order valence-corrected chi connectivity index (χ4v) is 1.76. The van der Waals surface area contributed by atoms with E-state index in [1.807, 2.05) is 0 Å². The molecule has 1 N–H and O–H groups in total. The number of rotatable bonds is 2. The minimum atomic E-state index is -0.894. The van der Waals surface area contributed by atoms with E-state index in [1.165, 1.54) is 6.33 Å². The van der Waals surface area contributed by atoms with Crippen molar-refractivity contribution in [2.75, 3.05) is 0 Å². The van der Waals surface area contributed by atoms with Gasteiger partial charge >= 0.3 is 0 Å². The predicted octanol–water partition coefficient (Wildman–Crippen LogP) is 2.87. The fourth-order valence-electron chi connectivity index (χ4n) is 1.35. The van der Waals surface area contributed by atoms with Crippen molar-refractivity contribution in [1.29, 1.82) is 0 Å². The fraction of sp³-hybridized carbons (Fsp3) is 0.0909. The molecular weight excluding hydrogens is 247 g/mol. The molecule has 1 heterocycles. The first-order valence-electron chi connectivity index (χ1n) is 4.58. The molecule has 1 unspecified atom stereocenters. The van der Waals surface area contributed by atoms with E-state index in [2.05, 4.69) is 9.97 Å². The third kappa shape index (κ3) is 2.16. The Labute approximate surface area is 103 Å². The van der Waals surface area contributed by atoms with Crippen LogP contribution in [0.15, 0.2) is 36.8 Å². The van der Waals surface area contributed by atoms with Gasteiger partial charge in [0, 0.05) is 11.8 Å². The average molecular weight is 255 g/mol. The summed E-state index contributed by atoms with van der Waals surface area (Å²) in [5, 5.41) is 10.8. The van der Waals surface area contributed by atoms with E-state index in [4.69, 9.17) is 23.2 Å². The molecule has 1 aromatic heterocycles. The number of halogens is 2. The molecule has 2 rings (SSSR count). The zero-order valence-corrected chi connectivity index (χ0v) is 9.65. The Kier molecular flexibility index (Phi) is 3.39. The molecule has 5 heteroatoms. The summed E-state index contributed by atoms with van der Waals surface area (Å²) in [5.41, 5.74) is 1.02. The second-order valence-corrected chi connectivity index (χ2v) is 3.96. The highest BCUT2D eigenvalue weighted by Gasteiger charge is 2.16. The van der Waals surface area contributed by atoms with Crippen LogP contribution in [0.4, 0.5) is 0 Å². The molecule has 0 aliphatic rings. The van der Waals surface area contributed by atoms with E-state index >= 15 is 0 Å². The van der Waals surface area contributed by atoms with E-state index in [-0.39, 0.29) is 0 Å². The summed E-state index contributed by atoms with van der Waals surface area (Å²) in [6, 6.07) is 6.73. The molecule has 3 nitrogen and oxygen atoms in total. The van der Waals surface area contributed by atoms with Crippen LogP contribution in [-0.2, 0) is 0 Å². The first-order chi connectivity index (χ1) is 7.70. The Balaban J connectivity index is 2.42. The molecule has 0 bridgehead atoms. The van der Waals surface area contributed by atoms with Crippen molar-refractivity contribution in [3.8, 4) is 0 Å². The SMILES string of the molecule is OC(c1ccncn1)c1cccc(Cl)c1Cl. The van der Waals surface area contributed by atoms with Crippen LogP contribution in [0, 0.1) is 0 Å². The molecule has 0 aliphatic carbocycles. The van der Waals surface area contributed by atoms with Gasteiger partial charge in [0.2, 0.25) is 0 Å². The number of benzene rings is 1. The maximum absolute atomic E-state index is 10.1. The van der Waals surface area contributed by atoms with Crippen LogP contribution in [0.5, 0.6) is 0 Å². The molecule has 1 aromatic carbocycles. The minimum absolute atomic E-state index is 0.343. The maximum atomic E-state index is 10.1. The molecular formula is C11H8Cl2N2O. The Morgan fingerprint density at radius 2 is 2.00 bits per heavy atom. The van der Waals surface area contributed by atoms with Crippen LogP contribution in [-0.4, -0.2) is 15.1 Å². The molecule has 0 spiro atoms. The van der Waals surface area contributed by atoms with Crippen LogP contribution in [0.3, 0.4) is 0 Å². The highest BCUT2D eigenvalue weighted by Crippen LogP contribution is 2.32. The molecule has 0 amide bonds. The van der Waals surface area contributed by atoms with Crippen molar-refractivity contribution in [3.05, 3.63) is 58.1 Å². The summed E-state index contributed by atoms with van der Waals surface area (Å²) in [6.07, 6.45) is 2.04. The van der Waals surface area contributed by atoms with Crippen LogP contribution in [0.25, 0.3) is 0 Å². The molecule has 2 aromatic rings. The largest absolute Gasteiger partial charge is 0.382 e. The van der Waals surface area contributed by atoms with Crippen molar-refractivity contribution in [1.82, 2.24) is 9.97 Å². The van der Waals surface area contributed by atoms with Gasteiger partial charge in [0.15, 0.2) is 0 Å². The lowest BCUT2D eigenvalue weighted by atomic mass is 10.1. The topological polar surface area (TPSA) is 46.0 Å². The number of aliphatic hydroxyl groups is 1. The molecule has 16 heavy (non-hydrogen) atoms. The average Bonchev–Trinajstić information content (AvgIpc) is 2.33. The Bertz CT molecular complexity index is 491. The number of hydrogen-bond donors (Lipinski definition) is 1. The minimum Gasteiger partial charge on any atom is -0.382 e. The third-order valence-corrected chi connectivity index (χ3v) is 2.99. The lowest BCUT2D eigenvalue weighted by molar-refractivity contribution is 0.215. The van der Waals surface area contributed by atoms with Crippen LogP contribution < -0.4 is 0 Å². The first kappa shape index (κ1) is 11.3. The monoisotopic (exact) mass is 254 g/mol. The second-order valence-electron chi connectivity index (χ2n) is 3.18. The standard InChI is InChI=1S/C11H8Cl2N2O/c12-8-3-1-2-7(10(8)13)11(16)9-4-5-14-6-15-9/h1-6,11,16H. The Hall–Kier alpha value is -1.16. The van der Waals surface area contributed by atoms with E-state index in [0.29, 0.717) is 21.3 Å². The van der Waals surface area contributed by atoms with Crippen molar-refractivity contribution < 1.29 is 5.11 Å². The summed E-state index contributed by atoms with van der Waals surface area (Å²) < 4.78 is 0. The number of aliphatic hydroxyl groups excluding tert-OH is 1. The first-order valence-corrected chi connectivity index (χ1v) is 5.33. The number of aromatic nitrogens is 2. The molecule has 0 saturated carbocycles. The van der Waals surface area contributed by atoms with Gasteiger partial charge < -0.3 is 5.11 Å². The highest BCUT2D eigenvalue weighted by molar-refractivity contribution is 6.42. The third-order valence-electron chi connectivity index (χ3n) is 2.16. The highest BCUT2D eigenvalue weighted by atomic mass is 35.5. The van der Waals surface area contributed by atoms with E-state index in [0.717, 1.165) is 0 Å². The van der Waals surface area contributed by atoms with Crippen molar-refractivity contribution in [3.63, 3.8) is 0 Å². The number of nitrogens with zero attached hydrogens (tertiary/aromatic N) is 2. The van der Waals surface area contributed by atoms with Gasteiger partial charge in [-0.25, -0.2) is 9.97 Å². The maximum Gasteiger partial charge on any atom is 0.123 e. The molecule has 0 radical (unpaired) electrons. The second kappa shape index (κ2) is 4.78. The van der Waals surface area contributed by atoms with Gasteiger partial charge in [-0.05, 0) is 12.1 Å². The van der Waals surface area contributed by atoms with Crippen molar-refractivity contribution >= 4 is 23.2 Å². The van der Waals surface area contributed by atoms with Crippen molar-refractivity contribution in [2.45, 2.75) is 6.10 Å². The molecule has 0 aliphatic heterocycles. The van der Waals surface area contributed by atoms with E-state index in [1.54, 1.807) is 30.5 Å². The smallest absolute Gasteiger partial charge is 0.123 e. The normalized spacial score (nSPS) is 12.4. The lowest BCUT2D eigenvalue weighted by Gasteiger charge is -2.12. The van der Waals surface area contributed by atoms with Gasteiger partial charge in [0.05, 0.1) is 15.7 Å². The zero-order chi connectivity index (χ0) is 11.5. The summed E-state index contributed by atoms with van der Waals surface area (Å²) in [6.45, 7) is 0. The summed E-state index contributed by atoms with van der Waals surface area (Å²) in [7, 11) is 0. The molecule has 82 valence electrons. The molecule has 1 atom stereocenters. The summed E-state index contributed by atoms with van der Waals surface area (Å²) in [5.74, 6) is 0. The lowest BCUT2D eigenvalue weighted by Crippen LogP contribution is -2.03. The van der Waals surface area contributed by atoms with Crippen LogP contribution in [0.1, 0.15) is 17.4 Å².